The van der Waals surface area contributed by atoms with Crippen LogP contribution in [0.2, 0.25) is 0 Å². The van der Waals surface area contributed by atoms with Crippen molar-refractivity contribution < 1.29 is 9.13 Å². The number of fused-ring (bicyclic) bond motifs is 1. The number of rotatable bonds is 3. The smallest absolute Gasteiger partial charge is 0.165 e. The molecule has 0 saturated carbocycles. The number of benzene rings is 1. The summed E-state index contributed by atoms with van der Waals surface area (Å²) in [6.45, 7) is 5.31. The number of aromatic nitrogens is 2. The molecule has 1 fully saturated rings. The van der Waals surface area contributed by atoms with Crippen molar-refractivity contribution in [2.75, 3.05) is 31.1 Å². The Hall–Kier alpha value is -1.63. The van der Waals surface area contributed by atoms with Gasteiger partial charge in [0.25, 0.3) is 0 Å². The zero-order valence-electron chi connectivity index (χ0n) is 14.6. The van der Waals surface area contributed by atoms with E-state index in [4.69, 9.17) is 4.74 Å². The van der Waals surface area contributed by atoms with Gasteiger partial charge in [0.05, 0.1) is 18.8 Å². The summed E-state index contributed by atoms with van der Waals surface area (Å²) < 4.78 is 19.4. The molecular formula is C18H23Cl2FN4O. The molecular weight excluding hydrogens is 378 g/mol. The highest BCUT2D eigenvalue weighted by atomic mass is 35.5. The second-order valence-corrected chi connectivity index (χ2v) is 6.34. The van der Waals surface area contributed by atoms with Crippen molar-refractivity contribution in [2.45, 2.75) is 25.9 Å². The van der Waals surface area contributed by atoms with Gasteiger partial charge in [-0.15, -0.1) is 24.8 Å². The monoisotopic (exact) mass is 400 g/mol. The average Bonchev–Trinajstić information content (AvgIpc) is 2.77. The van der Waals surface area contributed by atoms with Crippen molar-refractivity contribution in [3.05, 3.63) is 47.2 Å². The summed E-state index contributed by atoms with van der Waals surface area (Å²) >= 11 is 0. The number of para-hydroxylation sites is 1. The second-order valence-electron chi connectivity index (χ2n) is 6.34. The number of hydrogen-bond acceptors (Lipinski definition) is 5. The normalized spacial score (nSPS) is 16.5. The van der Waals surface area contributed by atoms with E-state index >= 15 is 0 Å². The van der Waals surface area contributed by atoms with E-state index in [1.165, 1.54) is 11.6 Å². The third kappa shape index (κ3) is 4.19. The van der Waals surface area contributed by atoms with Crippen molar-refractivity contribution in [2.24, 2.45) is 0 Å². The largest absolute Gasteiger partial charge is 0.484 e. The average molecular weight is 401 g/mol. The van der Waals surface area contributed by atoms with Crippen LogP contribution in [0.15, 0.2) is 24.3 Å². The number of halogens is 3. The molecule has 5 nitrogen and oxygen atoms in total. The number of anilines is 1. The Bertz CT molecular complexity index is 756. The number of nitrogens with zero attached hydrogens (tertiary/aromatic N) is 3. The maximum atomic E-state index is 13.7. The van der Waals surface area contributed by atoms with Gasteiger partial charge >= 0.3 is 0 Å². The summed E-state index contributed by atoms with van der Waals surface area (Å²) in [7, 11) is 0. The van der Waals surface area contributed by atoms with Crippen LogP contribution < -0.4 is 15.0 Å². The fourth-order valence-electron chi connectivity index (χ4n) is 3.31. The van der Waals surface area contributed by atoms with Crippen LogP contribution >= 0.6 is 24.8 Å². The van der Waals surface area contributed by atoms with Crippen LogP contribution in [-0.2, 0) is 12.8 Å². The predicted octanol–water partition coefficient (Wildman–Crippen LogP) is 2.72. The minimum atomic E-state index is -0.311. The lowest BCUT2D eigenvalue weighted by Crippen LogP contribution is -2.54. The molecule has 4 rings (SSSR count). The molecule has 0 aliphatic carbocycles. The van der Waals surface area contributed by atoms with E-state index in [9.17, 15) is 4.39 Å². The number of ether oxygens (including phenoxy) is 1. The van der Waals surface area contributed by atoms with Gasteiger partial charge < -0.3 is 15.0 Å². The maximum absolute atomic E-state index is 13.7. The van der Waals surface area contributed by atoms with Crippen molar-refractivity contribution in [3.63, 3.8) is 0 Å². The number of hydrogen-bond donors (Lipinski definition) is 1. The highest BCUT2D eigenvalue weighted by Gasteiger charge is 2.32. The van der Waals surface area contributed by atoms with Crippen LogP contribution in [0.4, 0.5) is 10.2 Å². The van der Waals surface area contributed by atoms with Crippen LogP contribution in [0, 0.1) is 12.7 Å². The van der Waals surface area contributed by atoms with Crippen LogP contribution in [0.5, 0.6) is 5.75 Å². The van der Waals surface area contributed by atoms with Crippen LogP contribution in [0.25, 0.3) is 0 Å². The Balaban J connectivity index is 0.00000121. The van der Waals surface area contributed by atoms with E-state index in [-0.39, 0.29) is 36.7 Å². The summed E-state index contributed by atoms with van der Waals surface area (Å²) in [6, 6.07) is 6.55. The van der Waals surface area contributed by atoms with E-state index in [1.807, 2.05) is 6.92 Å². The summed E-state index contributed by atoms with van der Waals surface area (Å²) in [5.41, 5.74) is 2.40. The zero-order valence-corrected chi connectivity index (χ0v) is 16.2. The molecule has 8 heteroatoms. The lowest BCUT2D eigenvalue weighted by molar-refractivity contribution is 0.159. The molecule has 1 aromatic carbocycles. The van der Waals surface area contributed by atoms with E-state index < -0.39 is 0 Å². The molecule has 1 saturated heterocycles. The number of nitrogens with one attached hydrogen (secondary N) is 1. The Labute approximate surface area is 165 Å². The fourth-order valence-corrected chi connectivity index (χ4v) is 3.31. The van der Waals surface area contributed by atoms with Gasteiger partial charge in [-0.25, -0.2) is 14.4 Å². The molecule has 142 valence electrons. The summed E-state index contributed by atoms with van der Waals surface area (Å²) in [5.74, 6) is 1.84. The van der Waals surface area contributed by atoms with Gasteiger partial charge in [0.15, 0.2) is 11.6 Å². The van der Waals surface area contributed by atoms with Gasteiger partial charge in [0.1, 0.15) is 17.7 Å². The van der Waals surface area contributed by atoms with Gasteiger partial charge in [0.2, 0.25) is 0 Å². The first-order chi connectivity index (χ1) is 11.7. The minimum Gasteiger partial charge on any atom is -0.484 e. The zero-order chi connectivity index (χ0) is 16.5. The summed E-state index contributed by atoms with van der Waals surface area (Å²) in [4.78, 5) is 11.5. The molecule has 2 aromatic rings. The Morgan fingerprint density at radius 2 is 1.85 bits per heavy atom. The van der Waals surface area contributed by atoms with Gasteiger partial charge in [-0.3, -0.25) is 0 Å². The first kappa shape index (κ1) is 20.7. The molecule has 0 unspecified atom stereocenters. The van der Waals surface area contributed by atoms with E-state index in [2.05, 4.69) is 20.2 Å². The van der Waals surface area contributed by atoms with E-state index in [0.29, 0.717) is 5.75 Å². The fraction of sp³-hybridized carbons (Fsp3) is 0.444. The maximum Gasteiger partial charge on any atom is 0.165 e. The lowest BCUT2D eigenvalue weighted by Gasteiger charge is -2.41. The van der Waals surface area contributed by atoms with Gasteiger partial charge in [-0.05, 0) is 32.0 Å². The van der Waals surface area contributed by atoms with Crippen LogP contribution in [-0.4, -0.2) is 42.3 Å². The predicted molar refractivity (Wildman–Crippen MR) is 105 cm³/mol. The quantitative estimate of drug-likeness (QED) is 0.857. The molecule has 2 aliphatic rings. The Morgan fingerprint density at radius 3 is 2.62 bits per heavy atom. The molecule has 0 bridgehead atoms. The molecule has 3 heterocycles. The Morgan fingerprint density at radius 1 is 1.12 bits per heavy atom. The molecule has 2 aliphatic heterocycles. The van der Waals surface area contributed by atoms with Gasteiger partial charge in [-0.2, -0.15) is 0 Å². The SMILES string of the molecule is Cc1nc2c(c(N3CC(Oc4ccccc4F)C3)n1)CCNCC2.Cl.Cl. The minimum absolute atomic E-state index is 0. The molecule has 1 N–H and O–H groups in total. The van der Waals surface area contributed by atoms with Crippen molar-refractivity contribution in [1.82, 2.24) is 15.3 Å². The molecule has 0 radical (unpaired) electrons. The summed E-state index contributed by atoms with van der Waals surface area (Å²) in [5, 5.41) is 3.41. The van der Waals surface area contributed by atoms with Crippen LogP contribution in [0.1, 0.15) is 17.1 Å². The van der Waals surface area contributed by atoms with Crippen LogP contribution in [0.3, 0.4) is 0 Å². The third-order valence-electron chi connectivity index (χ3n) is 4.55. The standard InChI is InChI=1S/C18H21FN4O.2ClH/c1-12-21-16-7-9-20-8-6-14(16)18(22-12)23-10-13(11-23)24-17-5-3-2-4-15(17)19;;/h2-5,13,20H,6-11H2,1H3;2*1H. The highest BCUT2D eigenvalue weighted by Crippen LogP contribution is 2.29. The first-order valence-corrected chi connectivity index (χ1v) is 8.44. The number of aryl methyl sites for hydroxylation is 1. The second kappa shape index (κ2) is 8.84. The van der Waals surface area contributed by atoms with Gasteiger partial charge in [-0.1, -0.05) is 12.1 Å². The third-order valence-corrected chi connectivity index (χ3v) is 4.55. The highest BCUT2D eigenvalue weighted by molar-refractivity contribution is 5.85. The summed E-state index contributed by atoms with van der Waals surface area (Å²) in [6.07, 6.45) is 1.88. The van der Waals surface area contributed by atoms with Crippen molar-refractivity contribution >= 4 is 30.6 Å². The molecule has 0 atom stereocenters. The van der Waals surface area contributed by atoms with E-state index in [1.54, 1.807) is 18.2 Å². The topological polar surface area (TPSA) is 50.3 Å². The van der Waals surface area contributed by atoms with Gasteiger partial charge in [0, 0.05) is 18.5 Å². The molecule has 1 aromatic heterocycles. The van der Waals surface area contributed by atoms with Crippen molar-refractivity contribution in [1.29, 1.82) is 0 Å². The van der Waals surface area contributed by atoms with Crippen molar-refractivity contribution in [3.8, 4) is 5.75 Å². The molecule has 0 amide bonds. The lowest BCUT2D eigenvalue weighted by atomic mass is 10.1. The molecule has 0 spiro atoms. The molecule has 26 heavy (non-hydrogen) atoms. The first-order valence-electron chi connectivity index (χ1n) is 8.44. The Kier molecular flexibility index (Phi) is 7.03. The van der Waals surface area contributed by atoms with E-state index in [0.717, 1.165) is 56.4 Å².